The summed E-state index contributed by atoms with van der Waals surface area (Å²) >= 11 is 1.77. The molecule has 1 aromatic carbocycles. The average Bonchev–Trinajstić information content (AvgIpc) is 3.15. The van der Waals surface area contributed by atoms with Gasteiger partial charge in [-0.25, -0.2) is 0 Å². The van der Waals surface area contributed by atoms with Crippen molar-refractivity contribution in [1.29, 1.82) is 0 Å². The zero-order valence-electron chi connectivity index (χ0n) is 16.0. The molecule has 2 atom stereocenters. The normalized spacial score (nSPS) is 17.1. The molecule has 0 spiro atoms. The number of fused-ring (bicyclic) bond motifs is 1. The summed E-state index contributed by atoms with van der Waals surface area (Å²) < 4.78 is 5.20. The summed E-state index contributed by atoms with van der Waals surface area (Å²) in [7, 11) is 1.61. The number of nitrogens with zero attached hydrogens (tertiary/aromatic N) is 1. The first-order valence-corrected chi connectivity index (χ1v) is 10.2. The van der Waals surface area contributed by atoms with Gasteiger partial charge in [-0.2, -0.15) is 0 Å². The van der Waals surface area contributed by atoms with Gasteiger partial charge < -0.3 is 15.0 Å². The molecule has 1 aliphatic rings. The van der Waals surface area contributed by atoms with Crippen molar-refractivity contribution in [2.75, 3.05) is 13.7 Å². The maximum atomic E-state index is 13.1. The molecule has 1 N–H and O–H groups in total. The summed E-state index contributed by atoms with van der Waals surface area (Å²) in [4.78, 5) is 28.2. The molecule has 2 heterocycles. The minimum absolute atomic E-state index is 0.0771. The Labute approximate surface area is 164 Å². The Kier molecular flexibility index (Phi) is 6.16. The van der Waals surface area contributed by atoms with Gasteiger partial charge >= 0.3 is 0 Å². The maximum Gasteiger partial charge on any atom is 0.225 e. The minimum Gasteiger partial charge on any atom is -0.497 e. The molecule has 5 nitrogen and oxygen atoms in total. The van der Waals surface area contributed by atoms with Gasteiger partial charge in [-0.15, -0.1) is 11.3 Å². The fourth-order valence-corrected chi connectivity index (χ4v) is 4.69. The van der Waals surface area contributed by atoms with Crippen LogP contribution in [-0.4, -0.2) is 30.4 Å². The van der Waals surface area contributed by atoms with Gasteiger partial charge in [0.05, 0.1) is 25.6 Å². The Bertz CT molecular complexity index is 800. The molecule has 0 bridgehead atoms. The summed E-state index contributed by atoms with van der Waals surface area (Å²) in [5.41, 5.74) is 2.18. The second kappa shape index (κ2) is 8.57. The molecule has 2 amide bonds. The third-order valence-electron chi connectivity index (χ3n) is 5.08. The monoisotopic (exact) mass is 386 g/mol. The Hall–Kier alpha value is -2.34. The van der Waals surface area contributed by atoms with Crippen LogP contribution in [0.15, 0.2) is 35.7 Å². The molecular formula is C21H26N2O3S. The first-order chi connectivity index (χ1) is 13.0. The molecular weight excluding hydrogens is 360 g/mol. The van der Waals surface area contributed by atoms with Crippen molar-refractivity contribution in [1.82, 2.24) is 10.2 Å². The third kappa shape index (κ3) is 4.33. The lowest BCUT2D eigenvalue weighted by molar-refractivity contribution is -0.135. The van der Waals surface area contributed by atoms with Crippen LogP contribution in [0.5, 0.6) is 5.75 Å². The number of hydrogen-bond acceptors (Lipinski definition) is 4. The van der Waals surface area contributed by atoms with Crippen molar-refractivity contribution in [3.8, 4) is 5.75 Å². The fourth-order valence-electron chi connectivity index (χ4n) is 3.76. The lowest BCUT2D eigenvalue weighted by Gasteiger charge is -2.36. The second-order valence-electron chi connectivity index (χ2n) is 6.79. The van der Waals surface area contributed by atoms with Gasteiger partial charge in [0.25, 0.3) is 0 Å². The van der Waals surface area contributed by atoms with Crippen LogP contribution in [0.3, 0.4) is 0 Å². The summed E-state index contributed by atoms with van der Waals surface area (Å²) in [5, 5.41) is 5.04. The Morgan fingerprint density at radius 1 is 1.30 bits per heavy atom. The Balaban J connectivity index is 1.78. The van der Waals surface area contributed by atoms with Crippen LogP contribution < -0.4 is 10.1 Å². The van der Waals surface area contributed by atoms with E-state index in [1.165, 1.54) is 17.4 Å². The number of methoxy groups -OCH3 is 1. The average molecular weight is 387 g/mol. The van der Waals surface area contributed by atoms with Crippen LogP contribution in [0.2, 0.25) is 0 Å². The van der Waals surface area contributed by atoms with E-state index in [0.717, 1.165) is 30.7 Å². The molecule has 1 aliphatic heterocycles. The molecule has 6 heteroatoms. The van der Waals surface area contributed by atoms with E-state index >= 15 is 0 Å². The van der Waals surface area contributed by atoms with Crippen molar-refractivity contribution in [2.24, 2.45) is 0 Å². The van der Waals surface area contributed by atoms with E-state index in [-0.39, 0.29) is 30.3 Å². The highest BCUT2D eigenvalue weighted by atomic mass is 32.1. The number of carbonyl (C=O) groups excluding carboxylic acids is 2. The molecule has 0 aliphatic carbocycles. The SMILES string of the molecule is CCC1c2ccsc2CCN1C(=O)CC(NC(C)=O)c1ccc(OC)cc1. The van der Waals surface area contributed by atoms with Crippen LogP contribution >= 0.6 is 11.3 Å². The lowest BCUT2D eigenvalue weighted by Crippen LogP contribution is -2.41. The highest BCUT2D eigenvalue weighted by Gasteiger charge is 2.31. The molecule has 2 aromatic rings. The Morgan fingerprint density at radius 3 is 2.67 bits per heavy atom. The van der Waals surface area contributed by atoms with E-state index in [4.69, 9.17) is 4.74 Å². The zero-order valence-corrected chi connectivity index (χ0v) is 16.8. The smallest absolute Gasteiger partial charge is 0.225 e. The summed E-state index contributed by atoms with van der Waals surface area (Å²) in [6, 6.07) is 9.42. The highest BCUT2D eigenvalue weighted by Crippen LogP contribution is 2.36. The van der Waals surface area contributed by atoms with Gasteiger partial charge in [0.15, 0.2) is 0 Å². The number of nitrogens with one attached hydrogen (secondary N) is 1. The van der Waals surface area contributed by atoms with Crippen molar-refractivity contribution < 1.29 is 14.3 Å². The van der Waals surface area contributed by atoms with Crippen molar-refractivity contribution in [3.05, 3.63) is 51.7 Å². The largest absolute Gasteiger partial charge is 0.497 e. The summed E-state index contributed by atoms with van der Waals surface area (Å²) in [5.74, 6) is 0.682. The lowest BCUT2D eigenvalue weighted by atomic mass is 9.96. The maximum absolute atomic E-state index is 13.1. The predicted octanol–water partition coefficient (Wildman–Crippen LogP) is 3.86. The van der Waals surface area contributed by atoms with Gasteiger partial charge in [-0.05, 0) is 47.5 Å². The van der Waals surface area contributed by atoms with E-state index < -0.39 is 0 Å². The standard InChI is InChI=1S/C21H26N2O3S/c1-4-19-17-10-12-27-20(17)9-11-23(19)21(25)13-18(22-14(2)24)15-5-7-16(26-3)8-6-15/h5-8,10,12,18-19H,4,9,11,13H2,1-3H3,(H,22,24). The molecule has 0 fully saturated rings. The van der Waals surface area contributed by atoms with Crippen molar-refractivity contribution in [2.45, 2.75) is 45.2 Å². The molecule has 0 saturated carbocycles. The molecule has 0 saturated heterocycles. The summed E-state index contributed by atoms with van der Waals surface area (Å²) in [6.07, 6.45) is 2.05. The number of hydrogen-bond donors (Lipinski definition) is 1. The summed E-state index contributed by atoms with van der Waals surface area (Å²) in [6.45, 7) is 4.33. The zero-order chi connectivity index (χ0) is 19.4. The topological polar surface area (TPSA) is 58.6 Å². The van der Waals surface area contributed by atoms with Crippen LogP contribution in [0.25, 0.3) is 0 Å². The molecule has 3 rings (SSSR count). The van der Waals surface area contributed by atoms with Crippen molar-refractivity contribution in [3.63, 3.8) is 0 Å². The van der Waals surface area contributed by atoms with Crippen LogP contribution in [0, 0.1) is 0 Å². The molecule has 2 unspecified atom stereocenters. The van der Waals surface area contributed by atoms with E-state index in [1.54, 1.807) is 18.4 Å². The van der Waals surface area contributed by atoms with E-state index in [0.29, 0.717) is 0 Å². The van der Waals surface area contributed by atoms with Crippen molar-refractivity contribution >= 4 is 23.2 Å². The van der Waals surface area contributed by atoms with Crippen LogP contribution in [0.1, 0.15) is 54.8 Å². The third-order valence-corrected chi connectivity index (χ3v) is 6.07. The van der Waals surface area contributed by atoms with Gasteiger partial charge in [0.1, 0.15) is 5.75 Å². The van der Waals surface area contributed by atoms with Gasteiger partial charge in [-0.1, -0.05) is 19.1 Å². The minimum atomic E-state index is -0.345. The number of amides is 2. The fraction of sp³-hybridized carbons (Fsp3) is 0.429. The van der Waals surface area contributed by atoms with E-state index in [9.17, 15) is 9.59 Å². The first kappa shape index (κ1) is 19.4. The second-order valence-corrected chi connectivity index (χ2v) is 7.79. The number of benzene rings is 1. The van der Waals surface area contributed by atoms with E-state index in [2.05, 4.69) is 23.7 Å². The van der Waals surface area contributed by atoms with E-state index in [1.807, 2.05) is 29.2 Å². The number of rotatable bonds is 6. The first-order valence-electron chi connectivity index (χ1n) is 9.30. The van der Waals surface area contributed by atoms with Crippen LogP contribution in [-0.2, 0) is 16.0 Å². The number of thiophene rings is 1. The molecule has 1 aromatic heterocycles. The number of ether oxygens (including phenoxy) is 1. The number of carbonyl (C=O) groups is 2. The van der Waals surface area contributed by atoms with Crippen LogP contribution in [0.4, 0.5) is 0 Å². The Morgan fingerprint density at radius 2 is 2.04 bits per heavy atom. The van der Waals surface area contributed by atoms with Gasteiger partial charge in [-0.3, -0.25) is 9.59 Å². The van der Waals surface area contributed by atoms with Gasteiger partial charge in [0, 0.05) is 18.3 Å². The highest BCUT2D eigenvalue weighted by molar-refractivity contribution is 7.10. The molecule has 27 heavy (non-hydrogen) atoms. The molecule has 144 valence electrons. The van der Waals surface area contributed by atoms with Gasteiger partial charge in [0.2, 0.25) is 11.8 Å². The molecule has 0 radical (unpaired) electrons. The predicted molar refractivity (Wildman–Crippen MR) is 107 cm³/mol. The quantitative estimate of drug-likeness (QED) is 0.820.